The van der Waals surface area contributed by atoms with E-state index in [1.807, 2.05) is 0 Å². The molecule has 0 fully saturated rings. The summed E-state index contributed by atoms with van der Waals surface area (Å²) in [5, 5.41) is 7.12. The normalized spacial score (nSPS) is 11.0. The zero-order chi connectivity index (χ0) is 17.6. The summed E-state index contributed by atoms with van der Waals surface area (Å²) in [5.41, 5.74) is 1.49. The minimum Gasteiger partial charge on any atom is -0.343 e. The van der Waals surface area contributed by atoms with Crippen LogP contribution >= 0.6 is 11.6 Å². The number of nitrogens with zero attached hydrogens (tertiary/aromatic N) is 2. The van der Waals surface area contributed by atoms with Crippen molar-refractivity contribution in [1.82, 2.24) is 15.5 Å². The minimum atomic E-state index is -0.325. The number of hydrogen-bond acceptors (Lipinski definition) is 4. The molecule has 2 aromatic carbocycles. The van der Waals surface area contributed by atoms with Gasteiger partial charge in [-0.05, 0) is 48.0 Å². The second-order valence-corrected chi connectivity index (χ2v) is 5.56. The van der Waals surface area contributed by atoms with Crippen LogP contribution < -0.4 is 5.32 Å². The summed E-state index contributed by atoms with van der Waals surface area (Å²) in [5.74, 6) is 0.0568. The summed E-state index contributed by atoms with van der Waals surface area (Å²) >= 11 is 5.83. The van der Waals surface area contributed by atoms with Crippen molar-refractivity contribution >= 4 is 23.6 Å². The molecule has 7 heteroatoms. The number of benzene rings is 2. The predicted molar refractivity (Wildman–Crippen MR) is 92.0 cm³/mol. The van der Waals surface area contributed by atoms with E-state index in [2.05, 4.69) is 15.5 Å². The molecule has 0 aliphatic rings. The van der Waals surface area contributed by atoms with E-state index in [1.54, 1.807) is 42.5 Å². The van der Waals surface area contributed by atoms with Gasteiger partial charge in [0.1, 0.15) is 5.82 Å². The van der Waals surface area contributed by atoms with Crippen LogP contribution in [0.1, 0.15) is 11.5 Å². The third kappa shape index (κ3) is 4.74. The Labute approximate surface area is 148 Å². The molecule has 126 valence electrons. The van der Waals surface area contributed by atoms with Crippen LogP contribution in [0.3, 0.4) is 0 Å². The van der Waals surface area contributed by atoms with E-state index in [0.717, 1.165) is 11.1 Å². The molecule has 0 unspecified atom stereocenters. The monoisotopic (exact) mass is 357 g/mol. The highest BCUT2D eigenvalue weighted by Crippen LogP contribution is 2.18. The van der Waals surface area contributed by atoms with E-state index in [-0.39, 0.29) is 24.2 Å². The van der Waals surface area contributed by atoms with Gasteiger partial charge in [0.25, 0.3) is 0 Å². The van der Waals surface area contributed by atoms with Gasteiger partial charge in [-0.15, -0.1) is 0 Å². The van der Waals surface area contributed by atoms with Crippen LogP contribution in [0, 0.1) is 5.82 Å². The average molecular weight is 358 g/mol. The first-order chi connectivity index (χ1) is 12.1. The van der Waals surface area contributed by atoms with E-state index < -0.39 is 0 Å². The molecule has 1 aromatic heterocycles. The maximum absolute atomic E-state index is 12.8. The topological polar surface area (TPSA) is 68.0 Å². The molecule has 3 rings (SSSR count). The van der Waals surface area contributed by atoms with Crippen molar-refractivity contribution < 1.29 is 13.7 Å². The minimum absolute atomic E-state index is 0.104. The lowest BCUT2D eigenvalue weighted by Gasteiger charge is -1.97. The first-order valence-corrected chi connectivity index (χ1v) is 7.78. The summed E-state index contributed by atoms with van der Waals surface area (Å²) in [6, 6.07) is 12.8. The van der Waals surface area contributed by atoms with Gasteiger partial charge in [-0.1, -0.05) is 28.9 Å². The van der Waals surface area contributed by atoms with Gasteiger partial charge >= 0.3 is 0 Å². The third-order valence-electron chi connectivity index (χ3n) is 3.28. The zero-order valence-electron chi connectivity index (χ0n) is 12.9. The van der Waals surface area contributed by atoms with Crippen molar-refractivity contribution in [2.24, 2.45) is 0 Å². The molecule has 0 spiro atoms. The van der Waals surface area contributed by atoms with Crippen LogP contribution in [0.15, 0.2) is 59.1 Å². The first kappa shape index (κ1) is 16.9. The van der Waals surface area contributed by atoms with Crippen LogP contribution in [-0.4, -0.2) is 16.0 Å². The molecule has 3 aromatic rings. The Morgan fingerprint density at radius 1 is 1.16 bits per heavy atom. The first-order valence-electron chi connectivity index (χ1n) is 7.40. The van der Waals surface area contributed by atoms with Crippen LogP contribution in [0.5, 0.6) is 0 Å². The lowest BCUT2D eigenvalue weighted by molar-refractivity contribution is -0.116. The summed E-state index contributed by atoms with van der Waals surface area (Å²) in [6.45, 7) is 0.104. The van der Waals surface area contributed by atoms with Gasteiger partial charge in [0.05, 0.1) is 6.54 Å². The van der Waals surface area contributed by atoms with Crippen LogP contribution in [0.25, 0.3) is 17.5 Å². The summed E-state index contributed by atoms with van der Waals surface area (Å²) in [7, 11) is 0. The SMILES string of the molecule is O=C(/C=C/c1ccc(F)cc1)NCc1nc(-c2ccc(Cl)cc2)no1. The summed E-state index contributed by atoms with van der Waals surface area (Å²) in [6.07, 6.45) is 2.94. The van der Waals surface area contributed by atoms with Crippen molar-refractivity contribution in [2.75, 3.05) is 0 Å². The maximum atomic E-state index is 12.8. The number of aromatic nitrogens is 2. The Kier molecular flexibility index (Phi) is 5.20. The quantitative estimate of drug-likeness (QED) is 0.704. The number of nitrogens with one attached hydrogen (secondary N) is 1. The molecular weight excluding hydrogens is 345 g/mol. The molecule has 1 N–H and O–H groups in total. The average Bonchev–Trinajstić information content (AvgIpc) is 3.09. The lowest BCUT2D eigenvalue weighted by Crippen LogP contribution is -2.20. The number of amides is 1. The maximum Gasteiger partial charge on any atom is 0.246 e. The molecule has 0 saturated heterocycles. The lowest BCUT2D eigenvalue weighted by atomic mass is 10.2. The summed E-state index contributed by atoms with van der Waals surface area (Å²) in [4.78, 5) is 16.0. The zero-order valence-corrected chi connectivity index (χ0v) is 13.7. The second kappa shape index (κ2) is 7.72. The van der Waals surface area contributed by atoms with Crippen molar-refractivity contribution in [2.45, 2.75) is 6.54 Å². The Balaban J connectivity index is 1.55. The van der Waals surface area contributed by atoms with Gasteiger partial charge in [0.2, 0.25) is 17.6 Å². The number of rotatable bonds is 5. The molecule has 0 aliphatic carbocycles. The fourth-order valence-electron chi connectivity index (χ4n) is 2.01. The van der Waals surface area contributed by atoms with Crippen LogP contribution in [0.2, 0.25) is 5.02 Å². The van der Waals surface area contributed by atoms with Crippen molar-refractivity contribution in [1.29, 1.82) is 0 Å². The molecule has 0 bridgehead atoms. The molecule has 0 atom stereocenters. The molecule has 1 heterocycles. The number of carbonyl (C=O) groups excluding carboxylic acids is 1. The molecule has 0 aliphatic heterocycles. The Morgan fingerprint density at radius 2 is 1.88 bits per heavy atom. The van der Waals surface area contributed by atoms with Gasteiger partial charge in [-0.2, -0.15) is 4.98 Å². The van der Waals surface area contributed by atoms with Crippen LogP contribution in [-0.2, 0) is 11.3 Å². The largest absolute Gasteiger partial charge is 0.343 e. The highest BCUT2D eigenvalue weighted by atomic mass is 35.5. The molecule has 0 saturated carbocycles. The molecule has 5 nitrogen and oxygen atoms in total. The number of halogens is 2. The van der Waals surface area contributed by atoms with E-state index in [0.29, 0.717) is 10.8 Å². The smallest absolute Gasteiger partial charge is 0.246 e. The van der Waals surface area contributed by atoms with Crippen molar-refractivity contribution in [3.8, 4) is 11.4 Å². The highest BCUT2D eigenvalue weighted by Gasteiger charge is 2.09. The standard InChI is InChI=1S/C18H13ClFN3O2/c19-14-6-4-13(5-7-14)18-22-17(25-23-18)11-21-16(24)10-3-12-1-8-15(20)9-2-12/h1-10H,11H2,(H,21,24)/b10-3+. The Hall–Kier alpha value is -2.99. The third-order valence-corrected chi connectivity index (χ3v) is 3.53. The predicted octanol–water partition coefficient (Wildman–Crippen LogP) is 3.86. The fraction of sp³-hybridized carbons (Fsp3) is 0.0556. The van der Waals surface area contributed by atoms with E-state index in [1.165, 1.54) is 18.2 Å². The number of carbonyl (C=O) groups is 1. The van der Waals surface area contributed by atoms with E-state index in [9.17, 15) is 9.18 Å². The van der Waals surface area contributed by atoms with Crippen molar-refractivity contribution in [3.63, 3.8) is 0 Å². The van der Waals surface area contributed by atoms with Crippen molar-refractivity contribution in [3.05, 3.63) is 76.9 Å². The molecule has 0 radical (unpaired) electrons. The van der Waals surface area contributed by atoms with Gasteiger partial charge in [-0.25, -0.2) is 4.39 Å². The number of hydrogen-bond donors (Lipinski definition) is 1. The molecule has 25 heavy (non-hydrogen) atoms. The van der Waals surface area contributed by atoms with Gasteiger partial charge in [0, 0.05) is 16.7 Å². The van der Waals surface area contributed by atoms with Gasteiger partial charge in [0.15, 0.2) is 0 Å². The fourth-order valence-corrected chi connectivity index (χ4v) is 2.14. The Morgan fingerprint density at radius 3 is 2.60 bits per heavy atom. The van der Waals surface area contributed by atoms with Gasteiger partial charge in [-0.3, -0.25) is 4.79 Å². The van der Waals surface area contributed by atoms with Crippen LogP contribution in [0.4, 0.5) is 4.39 Å². The van der Waals surface area contributed by atoms with E-state index in [4.69, 9.17) is 16.1 Å². The van der Waals surface area contributed by atoms with Gasteiger partial charge < -0.3 is 9.84 Å². The summed E-state index contributed by atoms with van der Waals surface area (Å²) < 4.78 is 17.9. The van der Waals surface area contributed by atoms with E-state index >= 15 is 0 Å². The Bertz CT molecular complexity index is 889. The molecular formula is C18H13ClFN3O2. The highest BCUT2D eigenvalue weighted by molar-refractivity contribution is 6.30. The molecule has 1 amide bonds. The second-order valence-electron chi connectivity index (χ2n) is 5.12.